The van der Waals surface area contributed by atoms with E-state index in [-0.39, 0.29) is 13.2 Å². The van der Waals surface area contributed by atoms with Crippen molar-refractivity contribution in [1.29, 1.82) is 0 Å². The fourth-order valence-electron chi connectivity index (χ4n) is 2.08. The highest BCUT2D eigenvalue weighted by Crippen LogP contribution is 2.25. The summed E-state index contributed by atoms with van der Waals surface area (Å²) in [7, 11) is 1.55. The van der Waals surface area contributed by atoms with E-state index < -0.39 is 18.3 Å². The van der Waals surface area contributed by atoms with Gasteiger partial charge >= 0.3 is 6.09 Å². The molecule has 1 aliphatic rings. The van der Waals surface area contributed by atoms with Crippen molar-refractivity contribution in [3.05, 3.63) is 29.8 Å². The minimum Gasteiger partial charge on any atom is -0.497 e. The molecular formula is C13H17NO5. The van der Waals surface area contributed by atoms with Crippen molar-refractivity contribution in [3.63, 3.8) is 0 Å². The molecule has 0 radical (unpaired) electrons. The third-order valence-corrected chi connectivity index (χ3v) is 3.15. The number of benzene rings is 1. The van der Waals surface area contributed by atoms with Crippen LogP contribution >= 0.6 is 0 Å². The number of aliphatic hydroxyl groups excluding tert-OH is 1. The average Bonchev–Trinajstić information content (AvgIpc) is 2.46. The van der Waals surface area contributed by atoms with Crippen LogP contribution in [0, 0.1) is 0 Å². The van der Waals surface area contributed by atoms with Crippen LogP contribution in [0.4, 0.5) is 4.79 Å². The highest BCUT2D eigenvalue weighted by molar-refractivity contribution is 5.65. The standard InChI is InChI=1S/C13H17NO5/c1-18-10-4-2-3-9(7-10)12(15)11-8-14(13(16)17)5-6-19-11/h2-4,7,11-12,15H,5-6,8H2,1H3,(H,16,17)/t11-,12?/m0/s1. The molecule has 1 unspecified atom stereocenters. The summed E-state index contributed by atoms with van der Waals surface area (Å²) in [5, 5.41) is 19.2. The monoisotopic (exact) mass is 267 g/mol. The second-order valence-corrected chi connectivity index (χ2v) is 4.36. The normalized spacial score (nSPS) is 20.9. The van der Waals surface area contributed by atoms with Crippen LogP contribution < -0.4 is 4.74 Å². The molecule has 0 bridgehead atoms. The second kappa shape index (κ2) is 5.90. The summed E-state index contributed by atoms with van der Waals surface area (Å²) < 4.78 is 10.5. The lowest BCUT2D eigenvalue weighted by Gasteiger charge is -2.33. The summed E-state index contributed by atoms with van der Waals surface area (Å²) in [6.45, 7) is 0.780. The number of hydrogen-bond acceptors (Lipinski definition) is 4. The van der Waals surface area contributed by atoms with Gasteiger partial charge < -0.3 is 24.6 Å². The van der Waals surface area contributed by atoms with E-state index in [1.54, 1.807) is 31.4 Å². The lowest BCUT2D eigenvalue weighted by Crippen LogP contribution is -2.47. The predicted molar refractivity (Wildman–Crippen MR) is 67.3 cm³/mol. The van der Waals surface area contributed by atoms with Gasteiger partial charge in [-0.15, -0.1) is 0 Å². The maximum Gasteiger partial charge on any atom is 0.407 e. The number of carboxylic acid groups (broad SMARTS) is 1. The Morgan fingerprint density at radius 3 is 3.05 bits per heavy atom. The number of hydrogen-bond donors (Lipinski definition) is 2. The van der Waals surface area contributed by atoms with Crippen molar-refractivity contribution in [2.24, 2.45) is 0 Å². The third kappa shape index (κ3) is 3.15. The zero-order valence-electron chi connectivity index (χ0n) is 10.7. The Balaban J connectivity index is 2.09. The van der Waals surface area contributed by atoms with E-state index in [9.17, 15) is 9.90 Å². The minimum absolute atomic E-state index is 0.160. The first kappa shape index (κ1) is 13.6. The van der Waals surface area contributed by atoms with E-state index >= 15 is 0 Å². The van der Waals surface area contributed by atoms with E-state index in [1.165, 1.54) is 4.90 Å². The van der Waals surface area contributed by atoms with Gasteiger partial charge in [0.1, 0.15) is 18.0 Å². The van der Waals surface area contributed by atoms with Crippen LogP contribution in [0.2, 0.25) is 0 Å². The Hall–Kier alpha value is -1.79. The Morgan fingerprint density at radius 1 is 1.58 bits per heavy atom. The predicted octanol–water partition coefficient (Wildman–Crippen LogP) is 1.11. The number of rotatable bonds is 3. The molecule has 1 aromatic rings. The van der Waals surface area contributed by atoms with Gasteiger partial charge in [-0.05, 0) is 17.7 Å². The highest BCUT2D eigenvalue weighted by atomic mass is 16.5. The largest absolute Gasteiger partial charge is 0.497 e. The number of amides is 1. The van der Waals surface area contributed by atoms with Crippen molar-refractivity contribution in [2.45, 2.75) is 12.2 Å². The highest BCUT2D eigenvalue weighted by Gasteiger charge is 2.30. The Kier molecular flexibility index (Phi) is 4.24. The molecule has 1 heterocycles. The number of ether oxygens (including phenoxy) is 2. The Labute approximate surface area is 111 Å². The Bertz CT molecular complexity index is 450. The number of methoxy groups -OCH3 is 1. The molecule has 2 rings (SSSR count). The van der Waals surface area contributed by atoms with Gasteiger partial charge in [-0.3, -0.25) is 0 Å². The summed E-state index contributed by atoms with van der Waals surface area (Å²) in [5.74, 6) is 0.641. The molecule has 2 N–H and O–H groups in total. The van der Waals surface area contributed by atoms with Crippen LogP contribution in [-0.4, -0.2) is 54.1 Å². The van der Waals surface area contributed by atoms with Crippen LogP contribution in [0.3, 0.4) is 0 Å². The van der Waals surface area contributed by atoms with Crippen molar-refractivity contribution in [2.75, 3.05) is 26.8 Å². The molecule has 1 aromatic carbocycles. The zero-order valence-corrected chi connectivity index (χ0v) is 10.7. The molecule has 1 amide bonds. The lowest BCUT2D eigenvalue weighted by molar-refractivity contribution is -0.0836. The number of morpholine rings is 1. The second-order valence-electron chi connectivity index (χ2n) is 4.36. The number of nitrogens with zero attached hydrogens (tertiary/aromatic N) is 1. The SMILES string of the molecule is COc1cccc(C(O)[C@@H]2CN(C(=O)O)CCO2)c1. The molecule has 1 saturated heterocycles. The molecule has 6 nitrogen and oxygen atoms in total. The number of aliphatic hydroxyl groups is 1. The van der Waals surface area contributed by atoms with Gasteiger partial charge in [-0.25, -0.2) is 4.79 Å². The van der Waals surface area contributed by atoms with Crippen LogP contribution in [0.25, 0.3) is 0 Å². The van der Waals surface area contributed by atoms with Gasteiger partial charge in [-0.1, -0.05) is 12.1 Å². The molecule has 0 saturated carbocycles. The fraction of sp³-hybridized carbons (Fsp3) is 0.462. The maximum absolute atomic E-state index is 10.9. The van der Waals surface area contributed by atoms with Gasteiger partial charge in [0.05, 0.1) is 20.3 Å². The third-order valence-electron chi connectivity index (χ3n) is 3.15. The lowest BCUT2D eigenvalue weighted by atomic mass is 10.0. The van der Waals surface area contributed by atoms with Crippen molar-refractivity contribution < 1.29 is 24.5 Å². The van der Waals surface area contributed by atoms with Crippen LogP contribution in [0.1, 0.15) is 11.7 Å². The van der Waals surface area contributed by atoms with Gasteiger partial charge in [0.15, 0.2) is 0 Å². The first-order valence-electron chi connectivity index (χ1n) is 6.03. The smallest absolute Gasteiger partial charge is 0.407 e. The van der Waals surface area contributed by atoms with Crippen molar-refractivity contribution >= 4 is 6.09 Å². The molecule has 1 aliphatic heterocycles. The fourth-order valence-corrected chi connectivity index (χ4v) is 2.08. The molecular weight excluding hydrogens is 250 g/mol. The van der Waals surface area contributed by atoms with Crippen molar-refractivity contribution in [1.82, 2.24) is 4.90 Å². The number of carbonyl (C=O) groups is 1. The molecule has 19 heavy (non-hydrogen) atoms. The summed E-state index contributed by atoms with van der Waals surface area (Å²) in [6, 6.07) is 7.03. The van der Waals surface area contributed by atoms with E-state index in [2.05, 4.69) is 0 Å². The Morgan fingerprint density at radius 2 is 2.37 bits per heavy atom. The molecule has 0 aromatic heterocycles. The molecule has 0 spiro atoms. The van der Waals surface area contributed by atoms with Gasteiger partial charge in [-0.2, -0.15) is 0 Å². The molecule has 0 aliphatic carbocycles. The molecule has 1 fully saturated rings. The topological polar surface area (TPSA) is 79.2 Å². The van der Waals surface area contributed by atoms with Gasteiger partial charge in [0.2, 0.25) is 0 Å². The quantitative estimate of drug-likeness (QED) is 0.857. The van der Waals surface area contributed by atoms with E-state index in [4.69, 9.17) is 14.6 Å². The molecule has 104 valence electrons. The van der Waals surface area contributed by atoms with Gasteiger partial charge in [0, 0.05) is 6.54 Å². The molecule has 6 heteroatoms. The van der Waals surface area contributed by atoms with Crippen LogP contribution in [-0.2, 0) is 4.74 Å². The van der Waals surface area contributed by atoms with E-state index in [1.807, 2.05) is 0 Å². The summed E-state index contributed by atoms with van der Waals surface area (Å²) in [4.78, 5) is 12.2. The van der Waals surface area contributed by atoms with Crippen LogP contribution in [0.15, 0.2) is 24.3 Å². The first-order chi connectivity index (χ1) is 9.11. The summed E-state index contributed by atoms with van der Waals surface area (Å²) >= 11 is 0. The summed E-state index contributed by atoms with van der Waals surface area (Å²) in [6.07, 6.45) is -2.43. The first-order valence-corrected chi connectivity index (χ1v) is 6.03. The maximum atomic E-state index is 10.9. The summed E-state index contributed by atoms with van der Waals surface area (Å²) in [5.41, 5.74) is 0.650. The van der Waals surface area contributed by atoms with Crippen LogP contribution in [0.5, 0.6) is 5.75 Å². The zero-order chi connectivity index (χ0) is 13.8. The molecule has 2 atom stereocenters. The average molecular weight is 267 g/mol. The van der Waals surface area contributed by atoms with Gasteiger partial charge in [0.25, 0.3) is 0 Å². The van der Waals surface area contributed by atoms with Crippen molar-refractivity contribution in [3.8, 4) is 5.75 Å². The minimum atomic E-state index is -0.994. The van der Waals surface area contributed by atoms with E-state index in [0.29, 0.717) is 17.9 Å². The van der Waals surface area contributed by atoms with E-state index in [0.717, 1.165) is 0 Å².